The van der Waals surface area contributed by atoms with E-state index >= 15 is 0 Å². The number of rotatable bonds is 5. The molecule has 0 fully saturated rings. The van der Waals surface area contributed by atoms with Crippen molar-refractivity contribution >= 4 is 32.7 Å². The molecular formula is C53H36N4. The van der Waals surface area contributed by atoms with E-state index in [-0.39, 0.29) is 5.41 Å². The van der Waals surface area contributed by atoms with Crippen LogP contribution in [0.25, 0.3) is 100 Å². The van der Waals surface area contributed by atoms with E-state index in [1.165, 1.54) is 22.3 Å². The third-order valence-electron chi connectivity index (χ3n) is 11.7. The fraction of sp³-hybridized carbons (Fsp3) is 0.0566. The normalized spacial score (nSPS) is 12.9. The smallest absolute Gasteiger partial charge is 0.160 e. The summed E-state index contributed by atoms with van der Waals surface area (Å²) in [4.78, 5) is 20.8. The summed E-state index contributed by atoms with van der Waals surface area (Å²) in [6.07, 6.45) is 0. The van der Waals surface area contributed by atoms with Gasteiger partial charge in [0, 0.05) is 43.8 Å². The molecule has 4 nitrogen and oxygen atoms in total. The van der Waals surface area contributed by atoms with Crippen molar-refractivity contribution < 1.29 is 0 Å². The van der Waals surface area contributed by atoms with Gasteiger partial charge in [-0.25, -0.2) is 19.9 Å². The van der Waals surface area contributed by atoms with E-state index < -0.39 is 0 Å². The number of aromatic nitrogens is 4. The molecule has 3 heterocycles. The van der Waals surface area contributed by atoms with E-state index in [0.29, 0.717) is 0 Å². The van der Waals surface area contributed by atoms with Gasteiger partial charge in [0.2, 0.25) is 0 Å². The van der Waals surface area contributed by atoms with Gasteiger partial charge in [-0.3, -0.25) is 0 Å². The van der Waals surface area contributed by atoms with Crippen LogP contribution in [0.4, 0.5) is 0 Å². The first-order valence-electron chi connectivity index (χ1n) is 19.5. The zero-order valence-electron chi connectivity index (χ0n) is 31.6. The molecule has 10 aromatic rings. The van der Waals surface area contributed by atoms with E-state index in [2.05, 4.69) is 172 Å². The summed E-state index contributed by atoms with van der Waals surface area (Å²) in [7, 11) is 0. The van der Waals surface area contributed by atoms with Crippen molar-refractivity contribution in [3.63, 3.8) is 0 Å². The molecule has 11 rings (SSSR count). The topological polar surface area (TPSA) is 51.6 Å². The summed E-state index contributed by atoms with van der Waals surface area (Å²) in [5.74, 6) is 0.718. The first-order chi connectivity index (χ1) is 28.0. The fourth-order valence-corrected chi connectivity index (χ4v) is 8.65. The average molecular weight is 729 g/mol. The Labute approximate surface area is 331 Å². The third kappa shape index (κ3) is 5.52. The Hall–Kier alpha value is -7.30. The van der Waals surface area contributed by atoms with Gasteiger partial charge in [-0.15, -0.1) is 0 Å². The Morgan fingerprint density at radius 3 is 1.67 bits per heavy atom. The van der Waals surface area contributed by atoms with Gasteiger partial charge in [0.1, 0.15) is 0 Å². The molecule has 0 unspecified atom stereocenters. The lowest BCUT2D eigenvalue weighted by molar-refractivity contribution is 0.660. The molecule has 1 aliphatic carbocycles. The molecule has 0 aliphatic heterocycles. The van der Waals surface area contributed by atoms with Crippen molar-refractivity contribution in [3.8, 4) is 67.4 Å². The molecule has 0 spiro atoms. The number of hydrogen-bond acceptors (Lipinski definition) is 4. The van der Waals surface area contributed by atoms with Crippen molar-refractivity contribution in [3.05, 3.63) is 193 Å². The van der Waals surface area contributed by atoms with Crippen LogP contribution in [0, 0.1) is 0 Å². The Morgan fingerprint density at radius 2 is 0.930 bits per heavy atom. The largest absolute Gasteiger partial charge is 0.245 e. The number of hydrogen-bond donors (Lipinski definition) is 0. The Balaban J connectivity index is 0.987. The van der Waals surface area contributed by atoms with Crippen molar-refractivity contribution in [1.29, 1.82) is 0 Å². The highest BCUT2D eigenvalue weighted by Gasteiger charge is 2.35. The fourth-order valence-electron chi connectivity index (χ4n) is 8.65. The molecule has 0 bridgehead atoms. The maximum absolute atomic E-state index is 5.31. The highest BCUT2D eigenvalue weighted by Crippen LogP contribution is 2.49. The summed E-state index contributed by atoms with van der Waals surface area (Å²) in [5.41, 5.74) is 17.2. The van der Waals surface area contributed by atoms with Gasteiger partial charge in [0.25, 0.3) is 0 Å². The van der Waals surface area contributed by atoms with Crippen LogP contribution in [-0.2, 0) is 5.41 Å². The van der Waals surface area contributed by atoms with Crippen LogP contribution in [0.15, 0.2) is 182 Å². The minimum absolute atomic E-state index is 0.0762. The van der Waals surface area contributed by atoms with E-state index in [9.17, 15) is 0 Å². The molecule has 0 N–H and O–H groups in total. The van der Waals surface area contributed by atoms with Crippen molar-refractivity contribution in [2.45, 2.75) is 19.3 Å². The van der Waals surface area contributed by atoms with Gasteiger partial charge >= 0.3 is 0 Å². The molecule has 0 radical (unpaired) electrons. The quantitative estimate of drug-likeness (QED) is 0.166. The van der Waals surface area contributed by atoms with Crippen LogP contribution in [0.2, 0.25) is 0 Å². The second kappa shape index (κ2) is 12.9. The van der Waals surface area contributed by atoms with Gasteiger partial charge in [-0.2, -0.15) is 0 Å². The van der Waals surface area contributed by atoms with E-state index in [0.717, 1.165) is 89.0 Å². The SMILES string of the molecule is CC1(C)c2ccccc2-c2ccc(-c3ccc4ccc5ccc(-c6cccc(-c7ccc8nc(-c9ccccc9)nc(-c9ccccc9)c8c7)c6)nc5c4n3)cc21. The first kappa shape index (κ1) is 33.1. The van der Waals surface area contributed by atoms with E-state index in [1.807, 2.05) is 24.3 Å². The molecule has 0 saturated carbocycles. The minimum Gasteiger partial charge on any atom is -0.245 e. The first-order valence-corrected chi connectivity index (χ1v) is 19.5. The summed E-state index contributed by atoms with van der Waals surface area (Å²) < 4.78 is 0. The predicted molar refractivity (Wildman–Crippen MR) is 235 cm³/mol. The molecule has 268 valence electrons. The summed E-state index contributed by atoms with van der Waals surface area (Å²) >= 11 is 0. The average Bonchev–Trinajstić information content (AvgIpc) is 3.51. The second-order valence-corrected chi connectivity index (χ2v) is 15.5. The molecular weight excluding hydrogens is 693 g/mol. The number of benzene rings is 7. The molecule has 0 saturated heterocycles. The van der Waals surface area contributed by atoms with Gasteiger partial charge in [0.15, 0.2) is 5.82 Å². The molecule has 57 heavy (non-hydrogen) atoms. The molecule has 0 atom stereocenters. The number of fused-ring (bicyclic) bond motifs is 7. The molecule has 4 heteroatoms. The Bertz CT molecular complexity index is 3200. The lowest BCUT2D eigenvalue weighted by Crippen LogP contribution is -2.14. The lowest BCUT2D eigenvalue weighted by atomic mass is 9.82. The molecule has 1 aliphatic rings. The van der Waals surface area contributed by atoms with Gasteiger partial charge in [0.05, 0.1) is 33.6 Å². The van der Waals surface area contributed by atoms with E-state index in [4.69, 9.17) is 19.9 Å². The van der Waals surface area contributed by atoms with E-state index in [1.54, 1.807) is 0 Å². The zero-order valence-corrected chi connectivity index (χ0v) is 31.6. The number of pyridine rings is 2. The summed E-state index contributed by atoms with van der Waals surface area (Å²) in [5, 5.41) is 3.15. The summed E-state index contributed by atoms with van der Waals surface area (Å²) in [6.45, 7) is 4.64. The highest BCUT2D eigenvalue weighted by atomic mass is 14.9. The number of nitrogens with zero attached hydrogens (tertiary/aromatic N) is 4. The van der Waals surface area contributed by atoms with Crippen LogP contribution in [-0.4, -0.2) is 19.9 Å². The zero-order chi connectivity index (χ0) is 38.1. The second-order valence-electron chi connectivity index (χ2n) is 15.5. The maximum atomic E-state index is 5.31. The maximum Gasteiger partial charge on any atom is 0.160 e. The Kier molecular flexibility index (Phi) is 7.48. The highest BCUT2D eigenvalue weighted by molar-refractivity contribution is 6.04. The van der Waals surface area contributed by atoms with Crippen molar-refractivity contribution in [2.24, 2.45) is 0 Å². The van der Waals surface area contributed by atoms with Gasteiger partial charge in [-0.05, 0) is 69.8 Å². The predicted octanol–water partition coefficient (Wildman–Crippen LogP) is 13.4. The minimum atomic E-state index is -0.0762. The third-order valence-corrected chi connectivity index (χ3v) is 11.7. The molecule has 0 amide bonds. The van der Waals surface area contributed by atoms with Crippen molar-refractivity contribution in [1.82, 2.24) is 19.9 Å². The lowest BCUT2D eigenvalue weighted by Gasteiger charge is -2.21. The van der Waals surface area contributed by atoms with Crippen LogP contribution >= 0.6 is 0 Å². The van der Waals surface area contributed by atoms with Crippen LogP contribution in [0.5, 0.6) is 0 Å². The molecule has 7 aromatic carbocycles. The Morgan fingerprint density at radius 1 is 0.368 bits per heavy atom. The molecule has 3 aromatic heterocycles. The van der Waals surface area contributed by atoms with Crippen LogP contribution in [0.1, 0.15) is 25.0 Å². The monoisotopic (exact) mass is 728 g/mol. The van der Waals surface area contributed by atoms with Crippen molar-refractivity contribution in [2.75, 3.05) is 0 Å². The van der Waals surface area contributed by atoms with Crippen LogP contribution in [0.3, 0.4) is 0 Å². The van der Waals surface area contributed by atoms with Crippen LogP contribution < -0.4 is 0 Å². The van der Waals surface area contributed by atoms with Gasteiger partial charge in [-0.1, -0.05) is 159 Å². The summed E-state index contributed by atoms with van der Waals surface area (Å²) in [6, 6.07) is 64.2. The van der Waals surface area contributed by atoms with Gasteiger partial charge < -0.3 is 0 Å². The standard InChI is InChI=1S/C53H36N4/c1-53(2)44-19-10-9-18-41(44)42-26-22-40(32-45(42)53)47-28-24-35-21-20-34-23-27-46(54-50(34)51(35)55-47)39-17-11-16-37(30-39)38-25-29-48-43(31-38)49(33-12-5-3-6-13-33)57-52(56-48)36-14-7-4-8-15-36/h3-32H,1-2H3.